The lowest BCUT2D eigenvalue weighted by Gasteiger charge is -2.27. The number of nitrogens with zero attached hydrogens (tertiary/aromatic N) is 1. The van der Waals surface area contributed by atoms with Crippen LogP contribution >= 0.6 is 0 Å². The van der Waals surface area contributed by atoms with Crippen molar-refractivity contribution < 1.29 is 9.59 Å². The number of carbonyl (C=O) groups excluding carboxylic acids is 2. The lowest BCUT2D eigenvalue weighted by molar-refractivity contribution is -0.141. The summed E-state index contributed by atoms with van der Waals surface area (Å²) in [6.07, 6.45) is 8.56. The SMILES string of the molecule is O=C1CC(NCC2CCC2)C(=O)N1C1CCCC1. The highest BCUT2D eigenvalue weighted by molar-refractivity contribution is 6.05. The molecule has 1 heterocycles. The molecule has 1 N–H and O–H groups in total. The van der Waals surface area contributed by atoms with Crippen molar-refractivity contribution in [1.29, 1.82) is 0 Å². The van der Waals surface area contributed by atoms with Crippen molar-refractivity contribution in [2.45, 2.75) is 63.5 Å². The Morgan fingerprint density at radius 3 is 2.39 bits per heavy atom. The molecule has 3 aliphatic rings. The highest BCUT2D eigenvalue weighted by Gasteiger charge is 2.42. The quantitative estimate of drug-likeness (QED) is 0.768. The summed E-state index contributed by atoms with van der Waals surface area (Å²) in [5.74, 6) is 0.803. The molecule has 100 valence electrons. The molecule has 0 aromatic carbocycles. The smallest absolute Gasteiger partial charge is 0.247 e. The van der Waals surface area contributed by atoms with Crippen molar-refractivity contribution in [3.05, 3.63) is 0 Å². The van der Waals surface area contributed by atoms with Gasteiger partial charge in [-0.25, -0.2) is 0 Å². The first kappa shape index (κ1) is 12.2. The fourth-order valence-electron chi connectivity index (χ4n) is 3.36. The van der Waals surface area contributed by atoms with Crippen LogP contribution in [-0.2, 0) is 9.59 Å². The minimum Gasteiger partial charge on any atom is -0.305 e. The van der Waals surface area contributed by atoms with E-state index < -0.39 is 0 Å². The number of carbonyl (C=O) groups is 2. The van der Waals surface area contributed by atoms with E-state index in [1.165, 1.54) is 19.3 Å². The van der Waals surface area contributed by atoms with E-state index in [1.54, 1.807) is 4.90 Å². The Hall–Kier alpha value is -0.900. The number of amides is 2. The molecule has 0 bridgehead atoms. The Labute approximate surface area is 108 Å². The molecule has 0 spiro atoms. The maximum atomic E-state index is 12.3. The van der Waals surface area contributed by atoms with Gasteiger partial charge in [0.15, 0.2) is 0 Å². The molecule has 3 rings (SSSR count). The Balaban J connectivity index is 1.56. The van der Waals surface area contributed by atoms with E-state index in [1.807, 2.05) is 0 Å². The van der Waals surface area contributed by atoms with E-state index in [-0.39, 0.29) is 23.9 Å². The van der Waals surface area contributed by atoms with Gasteiger partial charge < -0.3 is 5.32 Å². The maximum absolute atomic E-state index is 12.3. The standard InChI is InChI=1S/C14H22N2O2/c17-13-8-12(15-9-10-4-3-5-10)14(18)16(13)11-6-1-2-7-11/h10-12,15H,1-9H2. The van der Waals surface area contributed by atoms with E-state index >= 15 is 0 Å². The summed E-state index contributed by atoms with van der Waals surface area (Å²) < 4.78 is 0. The third-order valence-electron chi connectivity index (χ3n) is 4.75. The molecule has 0 radical (unpaired) electrons. The third kappa shape index (κ3) is 2.18. The van der Waals surface area contributed by atoms with Gasteiger partial charge in [-0.3, -0.25) is 14.5 Å². The molecule has 1 unspecified atom stereocenters. The lowest BCUT2D eigenvalue weighted by Crippen LogP contribution is -2.44. The van der Waals surface area contributed by atoms with Crippen LogP contribution in [0.1, 0.15) is 51.4 Å². The van der Waals surface area contributed by atoms with Crippen LogP contribution in [0.4, 0.5) is 0 Å². The number of imide groups is 1. The van der Waals surface area contributed by atoms with Crippen LogP contribution in [0.2, 0.25) is 0 Å². The summed E-state index contributed by atoms with van der Waals surface area (Å²) in [5.41, 5.74) is 0. The predicted molar refractivity (Wildman–Crippen MR) is 67.9 cm³/mol. The first-order chi connectivity index (χ1) is 8.75. The average molecular weight is 250 g/mol. The van der Waals surface area contributed by atoms with Crippen LogP contribution in [-0.4, -0.2) is 35.3 Å². The van der Waals surface area contributed by atoms with Gasteiger partial charge in [0.2, 0.25) is 11.8 Å². The third-order valence-corrected chi connectivity index (χ3v) is 4.75. The second-order valence-electron chi connectivity index (χ2n) is 6.00. The zero-order valence-corrected chi connectivity index (χ0v) is 10.9. The summed E-state index contributed by atoms with van der Waals surface area (Å²) in [6.45, 7) is 0.905. The Morgan fingerprint density at radius 2 is 1.78 bits per heavy atom. The number of hydrogen-bond acceptors (Lipinski definition) is 3. The fraction of sp³-hybridized carbons (Fsp3) is 0.857. The molecule has 4 heteroatoms. The normalized spacial score (nSPS) is 30.2. The van der Waals surface area contributed by atoms with Gasteiger partial charge in [0.05, 0.1) is 12.5 Å². The van der Waals surface area contributed by atoms with Gasteiger partial charge in [0, 0.05) is 6.04 Å². The Kier molecular flexibility index (Phi) is 3.37. The summed E-state index contributed by atoms with van der Waals surface area (Å²) in [4.78, 5) is 25.8. The number of rotatable bonds is 4. The van der Waals surface area contributed by atoms with Crippen LogP contribution in [0.3, 0.4) is 0 Å². The molecule has 4 nitrogen and oxygen atoms in total. The summed E-state index contributed by atoms with van der Waals surface area (Å²) in [6, 6.07) is -0.0424. The topological polar surface area (TPSA) is 49.4 Å². The maximum Gasteiger partial charge on any atom is 0.247 e. The van der Waals surface area contributed by atoms with Crippen LogP contribution in [0.25, 0.3) is 0 Å². The second kappa shape index (κ2) is 5.00. The molecule has 0 aromatic rings. The Bertz CT molecular complexity index is 346. The first-order valence-electron chi connectivity index (χ1n) is 7.35. The molecule has 2 amide bonds. The molecule has 2 aliphatic carbocycles. The van der Waals surface area contributed by atoms with Crippen LogP contribution in [0, 0.1) is 5.92 Å². The monoisotopic (exact) mass is 250 g/mol. The van der Waals surface area contributed by atoms with Gasteiger partial charge >= 0.3 is 0 Å². The van der Waals surface area contributed by atoms with Gasteiger partial charge in [-0.15, -0.1) is 0 Å². The lowest BCUT2D eigenvalue weighted by atomic mass is 9.85. The number of hydrogen-bond donors (Lipinski definition) is 1. The highest BCUT2D eigenvalue weighted by Crippen LogP contribution is 2.29. The fourth-order valence-corrected chi connectivity index (χ4v) is 3.36. The minimum absolute atomic E-state index is 0.0335. The summed E-state index contributed by atoms with van der Waals surface area (Å²) >= 11 is 0. The summed E-state index contributed by atoms with van der Waals surface area (Å²) in [7, 11) is 0. The molecule has 2 saturated carbocycles. The Morgan fingerprint density at radius 1 is 1.06 bits per heavy atom. The van der Waals surface area contributed by atoms with Crippen molar-refractivity contribution >= 4 is 11.8 Å². The van der Waals surface area contributed by atoms with E-state index in [0.717, 1.165) is 38.1 Å². The van der Waals surface area contributed by atoms with Gasteiger partial charge in [-0.1, -0.05) is 19.3 Å². The average Bonchev–Trinajstić information content (AvgIpc) is 2.86. The zero-order valence-electron chi connectivity index (χ0n) is 10.9. The van der Waals surface area contributed by atoms with E-state index in [0.29, 0.717) is 6.42 Å². The zero-order chi connectivity index (χ0) is 12.5. The van der Waals surface area contributed by atoms with Gasteiger partial charge in [0.1, 0.15) is 0 Å². The first-order valence-corrected chi connectivity index (χ1v) is 7.35. The van der Waals surface area contributed by atoms with E-state index in [9.17, 15) is 9.59 Å². The molecule has 1 atom stereocenters. The van der Waals surface area contributed by atoms with Crippen LogP contribution < -0.4 is 5.32 Å². The molecule has 1 saturated heterocycles. The molecule has 18 heavy (non-hydrogen) atoms. The molecule has 0 aromatic heterocycles. The van der Waals surface area contributed by atoms with Crippen molar-refractivity contribution in [3.8, 4) is 0 Å². The second-order valence-corrected chi connectivity index (χ2v) is 6.00. The molecular weight excluding hydrogens is 228 g/mol. The largest absolute Gasteiger partial charge is 0.305 e. The number of likely N-dealkylation sites (tertiary alicyclic amines) is 1. The minimum atomic E-state index is -0.237. The van der Waals surface area contributed by atoms with Gasteiger partial charge in [-0.05, 0) is 38.1 Å². The molecule has 1 aliphatic heterocycles. The molecule has 3 fully saturated rings. The van der Waals surface area contributed by atoms with Crippen LogP contribution in [0.15, 0.2) is 0 Å². The van der Waals surface area contributed by atoms with Crippen molar-refractivity contribution in [1.82, 2.24) is 10.2 Å². The van der Waals surface area contributed by atoms with Crippen molar-refractivity contribution in [2.24, 2.45) is 5.92 Å². The van der Waals surface area contributed by atoms with Crippen molar-refractivity contribution in [3.63, 3.8) is 0 Å². The summed E-state index contributed by atoms with van der Waals surface area (Å²) in [5, 5.41) is 3.31. The van der Waals surface area contributed by atoms with E-state index in [2.05, 4.69) is 5.32 Å². The van der Waals surface area contributed by atoms with E-state index in [4.69, 9.17) is 0 Å². The van der Waals surface area contributed by atoms with Gasteiger partial charge in [0.25, 0.3) is 0 Å². The number of nitrogens with one attached hydrogen (secondary N) is 1. The van der Waals surface area contributed by atoms with Gasteiger partial charge in [-0.2, -0.15) is 0 Å². The van der Waals surface area contributed by atoms with Crippen LogP contribution in [0.5, 0.6) is 0 Å². The van der Waals surface area contributed by atoms with Crippen molar-refractivity contribution in [2.75, 3.05) is 6.54 Å². The highest BCUT2D eigenvalue weighted by atomic mass is 16.2. The molecular formula is C14H22N2O2. The predicted octanol–water partition coefficient (Wildman–Crippen LogP) is 1.45.